The van der Waals surface area contributed by atoms with E-state index in [0.29, 0.717) is 36.0 Å². The summed E-state index contributed by atoms with van der Waals surface area (Å²) in [5.74, 6) is 0.948. The zero-order valence-electron chi connectivity index (χ0n) is 13.2. The minimum absolute atomic E-state index is 0.245. The number of halogens is 1. The average molecular weight is 352 g/mol. The van der Waals surface area contributed by atoms with Gasteiger partial charge in [0.2, 0.25) is 0 Å². The summed E-state index contributed by atoms with van der Waals surface area (Å²) in [6.45, 7) is 1.01. The Morgan fingerprint density at radius 2 is 2.20 bits per heavy atom. The largest absolute Gasteiger partial charge is 0.383 e. The number of fused-ring (bicyclic) bond motifs is 1. The fraction of sp³-hybridized carbons (Fsp3) is 0.167. The molecule has 0 amide bonds. The number of anilines is 1. The van der Waals surface area contributed by atoms with Crippen LogP contribution < -0.4 is 5.73 Å². The smallest absolute Gasteiger partial charge is 0.142 e. The van der Waals surface area contributed by atoms with E-state index >= 15 is 0 Å². The summed E-state index contributed by atoms with van der Waals surface area (Å²) in [6.07, 6.45) is 4.16. The zero-order valence-corrected chi connectivity index (χ0v) is 14.0. The Morgan fingerprint density at radius 3 is 2.96 bits per heavy atom. The van der Waals surface area contributed by atoms with E-state index in [1.165, 1.54) is 0 Å². The van der Waals surface area contributed by atoms with Crippen molar-refractivity contribution in [1.82, 2.24) is 14.5 Å². The molecule has 0 bridgehead atoms. The fourth-order valence-electron chi connectivity index (χ4n) is 3.09. The van der Waals surface area contributed by atoms with Crippen LogP contribution in [-0.2, 0) is 17.8 Å². The van der Waals surface area contributed by atoms with Gasteiger partial charge in [0.15, 0.2) is 0 Å². The summed E-state index contributed by atoms with van der Waals surface area (Å²) < 4.78 is 7.51. The van der Waals surface area contributed by atoms with E-state index in [0.717, 1.165) is 22.5 Å². The molecule has 0 aliphatic carbocycles. The Bertz CT molecular complexity index is 988. The highest BCUT2D eigenvalue weighted by Gasteiger charge is 2.24. The van der Waals surface area contributed by atoms with Crippen molar-refractivity contribution in [1.29, 1.82) is 5.26 Å². The highest BCUT2D eigenvalue weighted by Crippen LogP contribution is 2.35. The third-order valence-electron chi connectivity index (χ3n) is 4.22. The van der Waals surface area contributed by atoms with Gasteiger partial charge in [-0.3, -0.25) is 0 Å². The van der Waals surface area contributed by atoms with E-state index in [-0.39, 0.29) is 5.82 Å². The molecule has 1 aliphatic heterocycles. The lowest BCUT2D eigenvalue weighted by Gasteiger charge is -2.22. The van der Waals surface area contributed by atoms with Gasteiger partial charge in [-0.2, -0.15) is 5.26 Å². The molecule has 4 heterocycles. The van der Waals surface area contributed by atoms with Gasteiger partial charge in [0.25, 0.3) is 0 Å². The molecular weight excluding hydrogens is 338 g/mol. The lowest BCUT2D eigenvalue weighted by atomic mass is 9.96. The Hall–Kier alpha value is -2.88. The number of aromatic nitrogens is 3. The van der Waals surface area contributed by atoms with Crippen LogP contribution in [0.25, 0.3) is 17.1 Å². The van der Waals surface area contributed by atoms with Crippen LogP contribution in [0.2, 0.25) is 5.02 Å². The minimum atomic E-state index is 0.245. The lowest BCUT2D eigenvalue weighted by molar-refractivity contribution is 0.109. The van der Waals surface area contributed by atoms with Gasteiger partial charge in [-0.05, 0) is 24.3 Å². The molecule has 0 aromatic carbocycles. The van der Waals surface area contributed by atoms with Crippen molar-refractivity contribution in [3.8, 4) is 23.1 Å². The molecule has 4 rings (SSSR count). The highest BCUT2D eigenvalue weighted by atomic mass is 35.5. The van der Waals surface area contributed by atoms with Gasteiger partial charge in [-0.1, -0.05) is 11.6 Å². The van der Waals surface area contributed by atoms with Crippen molar-refractivity contribution in [3.63, 3.8) is 0 Å². The molecule has 1 aliphatic rings. The molecule has 124 valence electrons. The molecule has 3 aromatic rings. The van der Waals surface area contributed by atoms with Crippen molar-refractivity contribution >= 4 is 17.4 Å². The van der Waals surface area contributed by atoms with Crippen molar-refractivity contribution in [2.24, 2.45) is 0 Å². The Kier molecular flexibility index (Phi) is 3.88. The maximum absolute atomic E-state index is 9.64. The van der Waals surface area contributed by atoms with Crippen LogP contribution in [0.4, 0.5) is 5.82 Å². The van der Waals surface area contributed by atoms with Gasteiger partial charge in [0, 0.05) is 29.9 Å². The number of nitriles is 1. The highest BCUT2D eigenvalue weighted by molar-refractivity contribution is 6.30. The monoisotopic (exact) mass is 351 g/mol. The molecule has 0 fully saturated rings. The first kappa shape index (κ1) is 15.6. The maximum atomic E-state index is 9.64. The van der Waals surface area contributed by atoms with Gasteiger partial charge in [0.05, 0.1) is 29.6 Å². The minimum Gasteiger partial charge on any atom is -0.383 e. The third kappa shape index (κ3) is 2.64. The third-order valence-corrected chi connectivity index (χ3v) is 4.44. The van der Waals surface area contributed by atoms with E-state index in [4.69, 9.17) is 22.1 Å². The summed E-state index contributed by atoms with van der Waals surface area (Å²) in [5, 5.41) is 10.2. The van der Waals surface area contributed by atoms with Crippen molar-refractivity contribution in [2.75, 3.05) is 12.3 Å². The normalized spacial score (nSPS) is 13.3. The number of ether oxygens (including phenoxy) is 1. The molecule has 0 radical (unpaired) electrons. The van der Waals surface area contributed by atoms with Crippen LogP contribution in [0.1, 0.15) is 16.8 Å². The van der Waals surface area contributed by atoms with E-state index in [2.05, 4.69) is 16.0 Å². The standard InChI is InChI=1S/C18H14ClN5O/c19-11-3-4-16(22-9-11)24-6-1-2-15(24)17-12(8-20)18(21)23-14-5-7-25-10-13(14)17/h1-4,6,9H,5,7,10H2,(H2,21,23). The second-order valence-electron chi connectivity index (χ2n) is 5.68. The van der Waals surface area contributed by atoms with Gasteiger partial charge >= 0.3 is 0 Å². The quantitative estimate of drug-likeness (QED) is 0.766. The van der Waals surface area contributed by atoms with Gasteiger partial charge in [-0.25, -0.2) is 9.97 Å². The molecule has 6 nitrogen and oxygen atoms in total. The summed E-state index contributed by atoms with van der Waals surface area (Å²) in [4.78, 5) is 8.77. The molecule has 3 aromatic heterocycles. The van der Waals surface area contributed by atoms with Crippen LogP contribution in [0.3, 0.4) is 0 Å². The van der Waals surface area contributed by atoms with Crippen molar-refractivity contribution in [2.45, 2.75) is 13.0 Å². The second kappa shape index (κ2) is 6.20. The number of nitrogens with zero attached hydrogens (tertiary/aromatic N) is 4. The molecule has 25 heavy (non-hydrogen) atoms. The van der Waals surface area contributed by atoms with Gasteiger partial charge < -0.3 is 15.0 Å². The number of rotatable bonds is 2. The first-order valence-electron chi connectivity index (χ1n) is 7.77. The van der Waals surface area contributed by atoms with Crippen LogP contribution in [-0.4, -0.2) is 21.1 Å². The number of hydrogen-bond acceptors (Lipinski definition) is 5. The molecule has 0 spiro atoms. The SMILES string of the molecule is N#Cc1c(N)nc2c(c1-c1cccn1-c1ccc(Cl)cn1)COCC2. The summed E-state index contributed by atoms with van der Waals surface area (Å²) in [5.41, 5.74) is 9.78. The predicted molar refractivity (Wildman–Crippen MR) is 94.3 cm³/mol. The predicted octanol–water partition coefficient (Wildman–Crippen LogP) is 3.11. The second-order valence-corrected chi connectivity index (χ2v) is 6.12. The van der Waals surface area contributed by atoms with E-state index in [1.807, 2.05) is 29.0 Å². The van der Waals surface area contributed by atoms with E-state index in [1.54, 1.807) is 12.3 Å². The molecular formula is C18H14ClN5O. The number of pyridine rings is 2. The number of nitrogen functional groups attached to an aromatic ring is 1. The van der Waals surface area contributed by atoms with Gasteiger partial charge in [0.1, 0.15) is 23.3 Å². The molecule has 0 saturated carbocycles. The number of nitrogens with two attached hydrogens (primary N) is 1. The number of hydrogen-bond donors (Lipinski definition) is 1. The summed E-state index contributed by atoms with van der Waals surface area (Å²) >= 11 is 5.94. The van der Waals surface area contributed by atoms with Crippen LogP contribution in [0.5, 0.6) is 0 Å². The molecule has 7 heteroatoms. The van der Waals surface area contributed by atoms with E-state index in [9.17, 15) is 5.26 Å². The molecule has 2 N–H and O–H groups in total. The Balaban J connectivity index is 1.98. The Labute approximate surface area is 149 Å². The van der Waals surface area contributed by atoms with Crippen LogP contribution in [0.15, 0.2) is 36.7 Å². The van der Waals surface area contributed by atoms with Crippen LogP contribution >= 0.6 is 11.6 Å². The lowest BCUT2D eigenvalue weighted by Crippen LogP contribution is -2.16. The first-order valence-corrected chi connectivity index (χ1v) is 8.15. The van der Waals surface area contributed by atoms with Crippen molar-refractivity contribution < 1.29 is 4.74 Å². The summed E-state index contributed by atoms with van der Waals surface area (Å²) in [7, 11) is 0. The molecule has 0 saturated heterocycles. The topological polar surface area (TPSA) is 89.8 Å². The molecule has 0 atom stereocenters. The average Bonchev–Trinajstić information content (AvgIpc) is 3.10. The molecule has 0 unspecified atom stereocenters. The summed E-state index contributed by atoms with van der Waals surface area (Å²) in [6, 6.07) is 9.63. The fourth-order valence-corrected chi connectivity index (χ4v) is 3.20. The van der Waals surface area contributed by atoms with E-state index < -0.39 is 0 Å². The zero-order chi connectivity index (χ0) is 17.4. The van der Waals surface area contributed by atoms with Crippen molar-refractivity contribution in [3.05, 3.63) is 58.5 Å². The maximum Gasteiger partial charge on any atom is 0.142 e. The van der Waals surface area contributed by atoms with Gasteiger partial charge in [-0.15, -0.1) is 0 Å². The Morgan fingerprint density at radius 1 is 1.32 bits per heavy atom. The first-order chi connectivity index (χ1) is 12.2. The van der Waals surface area contributed by atoms with Crippen LogP contribution in [0, 0.1) is 11.3 Å².